The number of hydrogen-bond donors (Lipinski definition) is 0. The standard InChI is InChI=1S/C20H17ClN4S3/c1-2-9-25-18(11-15-6-5-10-26-15)23-24-20(25)28-13-14-12-27-19(22-14)16-7-3-4-8-17(16)21/h2-8,10,12H,1,9,11,13H2. The first kappa shape index (κ1) is 19.4. The molecular weight excluding hydrogens is 428 g/mol. The van der Waals surface area contributed by atoms with Gasteiger partial charge in [-0.25, -0.2) is 4.98 Å². The molecule has 8 heteroatoms. The fourth-order valence-electron chi connectivity index (χ4n) is 2.71. The van der Waals surface area contributed by atoms with Gasteiger partial charge in [0.05, 0.1) is 10.7 Å². The normalized spacial score (nSPS) is 11.0. The molecule has 142 valence electrons. The Morgan fingerprint density at radius 1 is 1.14 bits per heavy atom. The van der Waals surface area contributed by atoms with Crippen molar-refractivity contribution in [1.29, 1.82) is 0 Å². The highest BCUT2D eigenvalue weighted by Crippen LogP contribution is 2.32. The molecular formula is C20H17ClN4S3. The lowest BCUT2D eigenvalue weighted by atomic mass is 10.2. The molecule has 0 aliphatic carbocycles. The van der Waals surface area contributed by atoms with Gasteiger partial charge in [0, 0.05) is 34.5 Å². The molecule has 0 amide bonds. The number of thiazole rings is 1. The minimum atomic E-state index is 0.692. The predicted octanol–water partition coefficient (Wildman–Crippen LogP) is 6.19. The Morgan fingerprint density at radius 3 is 2.82 bits per heavy atom. The topological polar surface area (TPSA) is 43.6 Å². The smallest absolute Gasteiger partial charge is 0.191 e. The summed E-state index contributed by atoms with van der Waals surface area (Å²) in [5, 5.41) is 15.5. The first-order valence-corrected chi connectivity index (χ1v) is 11.7. The van der Waals surface area contributed by atoms with Gasteiger partial charge in [-0.05, 0) is 17.5 Å². The highest BCUT2D eigenvalue weighted by molar-refractivity contribution is 7.98. The lowest BCUT2D eigenvalue weighted by Crippen LogP contribution is -2.04. The zero-order chi connectivity index (χ0) is 19.3. The maximum atomic E-state index is 6.29. The zero-order valence-corrected chi connectivity index (χ0v) is 18.1. The Bertz CT molecular complexity index is 1070. The Hall–Kier alpha value is -1.93. The first-order valence-electron chi connectivity index (χ1n) is 8.62. The number of hydrogen-bond acceptors (Lipinski definition) is 6. The van der Waals surface area contributed by atoms with Crippen LogP contribution in [0.25, 0.3) is 10.6 Å². The van der Waals surface area contributed by atoms with Gasteiger partial charge < -0.3 is 4.57 Å². The molecule has 0 unspecified atom stereocenters. The van der Waals surface area contributed by atoms with Gasteiger partial charge >= 0.3 is 0 Å². The summed E-state index contributed by atoms with van der Waals surface area (Å²) in [6.07, 6.45) is 2.66. The number of thiophene rings is 1. The van der Waals surface area contributed by atoms with Crippen LogP contribution in [0.5, 0.6) is 0 Å². The summed E-state index contributed by atoms with van der Waals surface area (Å²) in [6, 6.07) is 12.0. The summed E-state index contributed by atoms with van der Waals surface area (Å²) >= 11 is 11.3. The van der Waals surface area contributed by atoms with Gasteiger partial charge in [-0.1, -0.05) is 53.7 Å². The Balaban J connectivity index is 1.48. The van der Waals surface area contributed by atoms with Gasteiger partial charge in [-0.2, -0.15) is 0 Å². The minimum absolute atomic E-state index is 0.692. The zero-order valence-electron chi connectivity index (χ0n) is 14.9. The van der Waals surface area contributed by atoms with E-state index in [1.807, 2.05) is 30.3 Å². The van der Waals surface area contributed by atoms with Gasteiger partial charge in [0.1, 0.15) is 10.8 Å². The highest BCUT2D eigenvalue weighted by Gasteiger charge is 2.14. The number of allylic oxidation sites excluding steroid dienone is 1. The average Bonchev–Trinajstić information content (AvgIpc) is 3.44. The van der Waals surface area contributed by atoms with E-state index in [1.165, 1.54) is 4.88 Å². The van der Waals surface area contributed by atoms with Gasteiger partial charge in [-0.3, -0.25) is 0 Å². The van der Waals surface area contributed by atoms with Crippen molar-refractivity contribution in [2.45, 2.75) is 23.9 Å². The minimum Gasteiger partial charge on any atom is -0.302 e. The number of rotatable bonds is 8. The molecule has 0 saturated heterocycles. The second kappa shape index (κ2) is 9.05. The van der Waals surface area contributed by atoms with E-state index in [0.29, 0.717) is 6.54 Å². The van der Waals surface area contributed by atoms with Crippen LogP contribution in [0.4, 0.5) is 0 Å². The molecule has 3 heterocycles. The molecule has 0 spiro atoms. The van der Waals surface area contributed by atoms with Crippen LogP contribution >= 0.6 is 46.0 Å². The lowest BCUT2D eigenvalue weighted by Gasteiger charge is -2.06. The summed E-state index contributed by atoms with van der Waals surface area (Å²) < 4.78 is 2.12. The SMILES string of the molecule is C=CCn1c(Cc2cccs2)nnc1SCc1csc(-c2ccccc2Cl)n1. The van der Waals surface area contributed by atoms with Crippen molar-refractivity contribution >= 4 is 46.0 Å². The van der Waals surface area contributed by atoms with Crippen molar-refractivity contribution < 1.29 is 0 Å². The van der Waals surface area contributed by atoms with Crippen LogP contribution in [0.3, 0.4) is 0 Å². The van der Waals surface area contributed by atoms with Crippen molar-refractivity contribution in [1.82, 2.24) is 19.7 Å². The second-order valence-corrected chi connectivity index (χ2v) is 9.21. The summed E-state index contributed by atoms with van der Waals surface area (Å²) in [6.45, 7) is 4.56. The van der Waals surface area contributed by atoms with E-state index in [9.17, 15) is 0 Å². The van der Waals surface area contributed by atoms with Crippen LogP contribution in [0.15, 0.2) is 65.0 Å². The van der Waals surface area contributed by atoms with Gasteiger partial charge in [0.25, 0.3) is 0 Å². The van der Waals surface area contributed by atoms with E-state index in [2.05, 4.69) is 44.2 Å². The van der Waals surface area contributed by atoms with Crippen LogP contribution < -0.4 is 0 Å². The molecule has 4 nitrogen and oxygen atoms in total. The van der Waals surface area contributed by atoms with Crippen molar-refractivity contribution in [3.8, 4) is 10.6 Å². The molecule has 0 radical (unpaired) electrons. The highest BCUT2D eigenvalue weighted by atomic mass is 35.5. The predicted molar refractivity (Wildman–Crippen MR) is 119 cm³/mol. The van der Waals surface area contributed by atoms with Crippen LogP contribution in [0.1, 0.15) is 16.4 Å². The van der Waals surface area contributed by atoms with Crippen molar-refractivity contribution in [2.24, 2.45) is 0 Å². The van der Waals surface area contributed by atoms with E-state index in [-0.39, 0.29) is 0 Å². The van der Waals surface area contributed by atoms with Crippen molar-refractivity contribution in [2.75, 3.05) is 0 Å². The van der Waals surface area contributed by atoms with E-state index < -0.39 is 0 Å². The molecule has 28 heavy (non-hydrogen) atoms. The lowest BCUT2D eigenvalue weighted by molar-refractivity contribution is 0.692. The van der Waals surface area contributed by atoms with Gasteiger partial charge in [0.2, 0.25) is 0 Å². The number of thioether (sulfide) groups is 1. The average molecular weight is 445 g/mol. The van der Waals surface area contributed by atoms with E-state index in [1.54, 1.807) is 34.4 Å². The molecule has 0 N–H and O–H groups in total. The van der Waals surface area contributed by atoms with Crippen molar-refractivity contribution in [3.63, 3.8) is 0 Å². The molecule has 0 atom stereocenters. The number of benzene rings is 1. The Morgan fingerprint density at radius 2 is 2.04 bits per heavy atom. The third-order valence-corrected chi connectivity index (χ3v) is 7.15. The Labute approximate surface area is 180 Å². The molecule has 1 aromatic carbocycles. The van der Waals surface area contributed by atoms with Crippen LogP contribution in [0.2, 0.25) is 5.02 Å². The molecule has 0 saturated carbocycles. The monoisotopic (exact) mass is 444 g/mol. The van der Waals surface area contributed by atoms with Crippen LogP contribution in [-0.2, 0) is 18.7 Å². The molecule has 0 aliphatic heterocycles. The summed E-state index contributed by atoms with van der Waals surface area (Å²) in [4.78, 5) is 6.01. The van der Waals surface area contributed by atoms with Gasteiger partial charge in [-0.15, -0.1) is 39.4 Å². The molecule has 4 aromatic rings. The molecule has 4 rings (SSSR count). The largest absolute Gasteiger partial charge is 0.302 e. The maximum absolute atomic E-state index is 6.29. The fourth-order valence-corrected chi connectivity index (χ4v) is 5.51. The fraction of sp³-hybridized carbons (Fsp3) is 0.150. The van der Waals surface area contributed by atoms with E-state index in [4.69, 9.17) is 16.6 Å². The molecule has 3 aromatic heterocycles. The molecule has 0 aliphatic rings. The molecule has 0 fully saturated rings. The number of halogens is 1. The number of nitrogens with zero attached hydrogens (tertiary/aromatic N) is 4. The van der Waals surface area contributed by atoms with Gasteiger partial charge in [0.15, 0.2) is 5.16 Å². The number of aromatic nitrogens is 4. The van der Waals surface area contributed by atoms with E-state index in [0.717, 1.165) is 44.4 Å². The van der Waals surface area contributed by atoms with Crippen molar-refractivity contribution in [3.05, 3.63) is 81.2 Å². The summed E-state index contributed by atoms with van der Waals surface area (Å²) in [5.74, 6) is 1.69. The molecule has 0 bridgehead atoms. The third-order valence-electron chi connectivity index (χ3n) is 4.02. The maximum Gasteiger partial charge on any atom is 0.191 e. The van der Waals surface area contributed by atoms with Crippen LogP contribution in [-0.4, -0.2) is 19.7 Å². The van der Waals surface area contributed by atoms with Crippen LogP contribution in [0, 0.1) is 0 Å². The third kappa shape index (κ3) is 4.38. The summed E-state index contributed by atoms with van der Waals surface area (Å²) in [5.41, 5.74) is 1.98. The Kier molecular flexibility index (Phi) is 6.26. The summed E-state index contributed by atoms with van der Waals surface area (Å²) in [7, 11) is 0. The second-order valence-electron chi connectivity index (χ2n) is 5.97. The van der Waals surface area contributed by atoms with E-state index >= 15 is 0 Å². The first-order chi connectivity index (χ1) is 13.7. The quantitative estimate of drug-likeness (QED) is 0.240.